The first kappa shape index (κ1) is 18.4. The fraction of sp³-hybridized carbons (Fsp3) is 0.316. The first-order valence-corrected chi connectivity index (χ1v) is 9.89. The van der Waals surface area contributed by atoms with Crippen LogP contribution in [0.2, 0.25) is 0 Å². The fourth-order valence-corrected chi connectivity index (χ4v) is 4.28. The Bertz CT molecular complexity index is 890. The number of anilines is 1. The highest BCUT2D eigenvalue weighted by Gasteiger charge is 2.26. The van der Waals surface area contributed by atoms with Gasteiger partial charge in [0.2, 0.25) is 0 Å². The van der Waals surface area contributed by atoms with E-state index in [1.807, 2.05) is 0 Å². The first-order valence-electron chi connectivity index (χ1n) is 8.45. The Hall–Kier alpha value is -2.41. The zero-order chi connectivity index (χ0) is 18.7. The van der Waals surface area contributed by atoms with E-state index in [9.17, 15) is 17.6 Å². The highest BCUT2D eigenvalue weighted by Crippen LogP contribution is 2.28. The van der Waals surface area contributed by atoms with E-state index in [-0.39, 0.29) is 16.8 Å². The van der Waals surface area contributed by atoms with E-state index in [2.05, 4.69) is 0 Å². The quantitative estimate of drug-likeness (QED) is 0.588. The third-order valence-electron chi connectivity index (χ3n) is 4.58. The predicted molar refractivity (Wildman–Crippen MR) is 96.0 cm³/mol. The van der Waals surface area contributed by atoms with Crippen LogP contribution < -0.4 is 9.04 Å². The van der Waals surface area contributed by atoms with Crippen LogP contribution in [0.15, 0.2) is 53.4 Å². The highest BCUT2D eigenvalue weighted by molar-refractivity contribution is 7.92. The van der Waals surface area contributed by atoms with Gasteiger partial charge in [0.1, 0.15) is 16.5 Å². The van der Waals surface area contributed by atoms with Gasteiger partial charge in [0.15, 0.2) is 0 Å². The Morgan fingerprint density at radius 3 is 2.31 bits per heavy atom. The summed E-state index contributed by atoms with van der Waals surface area (Å²) in [5.74, 6) is -0.745. The number of carbonyl (C=O) groups is 1. The number of hydrogen-bond acceptors (Lipinski definition) is 4. The number of rotatable bonds is 5. The average molecular weight is 377 g/mol. The van der Waals surface area contributed by atoms with Crippen molar-refractivity contribution < 1.29 is 22.3 Å². The molecule has 0 aliphatic heterocycles. The van der Waals surface area contributed by atoms with Gasteiger partial charge < -0.3 is 4.74 Å². The summed E-state index contributed by atoms with van der Waals surface area (Å²) in [6.45, 7) is 0. The topological polar surface area (TPSA) is 63.7 Å². The van der Waals surface area contributed by atoms with Crippen LogP contribution >= 0.6 is 0 Å². The fourth-order valence-electron chi connectivity index (χ4n) is 3.03. The van der Waals surface area contributed by atoms with Crippen molar-refractivity contribution in [3.63, 3.8) is 0 Å². The van der Waals surface area contributed by atoms with Crippen LogP contribution in [-0.4, -0.2) is 21.4 Å². The molecule has 0 heterocycles. The van der Waals surface area contributed by atoms with E-state index >= 15 is 0 Å². The van der Waals surface area contributed by atoms with Gasteiger partial charge in [-0.1, -0.05) is 25.0 Å². The number of ether oxygens (including phenoxy) is 1. The number of benzene rings is 2. The normalized spacial score (nSPS) is 15.0. The van der Waals surface area contributed by atoms with Gasteiger partial charge in [0.25, 0.3) is 10.0 Å². The SMILES string of the molecule is CN(c1ccc(OC(=O)C2CCCC2)cc1)S(=O)(=O)c1ccccc1F. The summed E-state index contributed by atoms with van der Waals surface area (Å²) in [6.07, 6.45) is 3.77. The largest absolute Gasteiger partial charge is 0.426 e. The number of nitrogens with zero attached hydrogens (tertiary/aromatic N) is 1. The molecule has 0 amide bonds. The highest BCUT2D eigenvalue weighted by atomic mass is 32.2. The number of halogens is 1. The number of esters is 1. The van der Waals surface area contributed by atoms with Crippen LogP contribution in [0.1, 0.15) is 25.7 Å². The van der Waals surface area contributed by atoms with Crippen molar-refractivity contribution in [2.24, 2.45) is 5.92 Å². The zero-order valence-corrected chi connectivity index (χ0v) is 15.2. The molecule has 26 heavy (non-hydrogen) atoms. The van der Waals surface area contributed by atoms with Gasteiger partial charge in [-0.3, -0.25) is 9.10 Å². The summed E-state index contributed by atoms with van der Waals surface area (Å²) in [4.78, 5) is 11.7. The van der Waals surface area contributed by atoms with Crippen molar-refractivity contribution in [3.8, 4) is 5.75 Å². The summed E-state index contributed by atoms with van der Waals surface area (Å²) in [5, 5.41) is 0. The molecule has 5 nitrogen and oxygen atoms in total. The van der Waals surface area contributed by atoms with Crippen molar-refractivity contribution in [1.82, 2.24) is 0 Å². The Balaban J connectivity index is 1.75. The summed E-state index contributed by atoms with van der Waals surface area (Å²) in [5.41, 5.74) is 0.342. The van der Waals surface area contributed by atoms with Crippen molar-refractivity contribution in [2.45, 2.75) is 30.6 Å². The molecule has 0 radical (unpaired) electrons. The Kier molecular flexibility index (Phi) is 5.27. The van der Waals surface area contributed by atoms with Gasteiger partial charge in [-0.15, -0.1) is 0 Å². The molecule has 3 rings (SSSR count). The van der Waals surface area contributed by atoms with E-state index in [0.29, 0.717) is 11.4 Å². The number of hydrogen-bond donors (Lipinski definition) is 0. The van der Waals surface area contributed by atoms with E-state index in [1.54, 1.807) is 0 Å². The van der Waals surface area contributed by atoms with Crippen molar-refractivity contribution in [3.05, 3.63) is 54.3 Å². The molecule has 2 aromatic carbocycles. The lowest BCUT2D eigenvalue weighted by atomic mass is 10.1. The molecule has 1 fully saturated rings. The van der Waals surface area contributed by atoms with E-state index in [4.69, 9.17) is 4.74 Å². The lowest BCUT2D eigenvalue weighted by Gasteiger charge is -2.20. The van der Waals surface area contributed by atoms with Crippen LogP contribution in [0, 0.1) is 11.7 Å². The molecular weight excluding hydrogens is 357 g/mol. The molecule has 2 aromatic rings. The minimum Gasteiger partial charge on any atom is -0.426 e. The molecule has 138 valence electrons. The van der Waals surface area contributed by atoms with Crippen molar-refractivity contribution >= 4 is 21.7 Å². The lowest BCUT2D eigenvalue weighted by molar-refractivity contribution is -0.138. The molecule has 0 saturated heterocycles. The van der Waals surface area contributed by atoms with E-state index < -0.39 is 15.8 Å². The molecule has 0 N–H and O–H groups in total. The summed E-state index contributed by atoms with van der Waals surface area (Å²) in [6, 6.07) is 11.3. The van der Waals surface area contributed by atoms with Gasteiger partial charge in [0, 0.05) is 7.05 Å². The molecule has 1 saturated carbocycles. The number of sulfonamides is 1. The molecule has 0 bridgehead atoms. The smallest absolute Gasteiger partial charge is 0.314 e. The lowest BCUT2D eigenvalue weighted by Crippen LogP contribution is -2.27. The number of carbonyl (C=O) groups excluding carboxylic acids is 1. The maximum absolute atomic E-state index is 13.9. The monoisotopic (exact) mass is 377 g/mol. The summed E-state index contributed by atoms with van der Waals surface area (Å²) < 4.78 is 45.4. The van der Waals surface area contributed by atoms with Crippen LogP contribution in [0.5, 0.6) is 5.75 Å². The molecule has 1 aliphatic carbocycles. The second-order valence-corrected chi connectivity index (χ2v) is 8.24. The predicted octanol–water partition coefficient (Wildman–Crippen LogP) is 3.75. The second-order valence-electron chi connectivity index (χ2n) is 6.30. The van der Waals surface area contributed by atoms with Gasteiger partial charge in [0.05, 0.1) is 11.6 Å². The average Bonchev–Trinajstić information content (AvgIpc) is 3.17. The molecular formula is C19H20FNO4S. The summed E-state index contributed by atoms with van der Waals surface area (Å²) in [7, 11) is -2.67. The third kappa shape index (κ3) is 3.72. The van der Waals surface area contributed by atoms with E-state index in [1.165, 1.54) is 49.5 Å². The van der Waals surface area contributed by atoms with Gasteiger partial charge in [-0.05, 0) is 49.2 Å². The first-order chi connectivity index (χ1) is 12.4. The Morgan fingerprint density at radius 2 is 1.69 bits per heavy atom. The van der Waals surface area contributed by atoms with Crippen LogP contribution in [0.4, 0.5) is 10.1 Å². The van der Waals surface area contributed by atoms with Gasteiger partial charge >= 0.3 is 5.97 Å². The van der Waals surface area contributed by atoms with Crippen LogP contribution in [0.25, 0.3) is 0 Å². The summed E-state index contributed by atoms with van der Waals surface area (Å²) >= 11 is 0. The van der Waals surface area contributed by atoms with Gasteiger partial charge in [-0.2, -0.15) is 0 Å². The molecule has 0 spiro atoms. The molecule has 0 aromatic heterocycles. The van der Waals surface area contributed by atoms with Gasteiger partial charge in [-0.25, -0.2) is 12.8 Å². The molecule has 7 heteroatoms. The minimum absolute atomic E-state index is 0.0567. The van der Waals surface area contributed by atoms with Crippen LogP contribution in [0.3, 0.4) is 0 Å². The third-order valence-corrected chi connectivity index (χ3v) is 6.40. The zero-order valence-electron chi connectivity index (χ0n) is 14.4. The molecule has 0 atom stereocenters. The van der Waals surface area contributed by atoms with E-state index in [0.717, 1.165) is 36.1 Å². The molecule has 1 aliphatic rings. The molecule has 0 unspecified atom stereocenters. The van der Waals surface area contributed by atoms with Crippen molar-refractivity contribution in [1.29, 1.82) is 0 Å². The second kappa shape index (κ2) is 7.45. The van der Waals surface area contributed by atoms with Crippen LogP contribution in [-0.2, 0) is 14.8 Å². The Labute approximate surface area is 152 Å². The Morgan fingerprint density at radius 1 is 1.08 bits per heavy atom. The maximum Gasteiger partial charge on any atom is 0.314 e. The standard InChI is InChI=1S/C19H20FNO4S/c1-21(26(23,24)18-9-5-4-8-17(18)20)15-10-12-16(13-11-15)25-19(22)14-6-2-3-7-14/h4-5,8-14H,2-3,6-7H2,1H3. The maximum atomic E-state index is 13.9. The minimum atomic E-state index is -4.02. The van der Waals surface area contributed by atoms with Crippen molar-refractivity contribution in [2.75, 3.05) is 11.4 Å².